The Morgan fingerprint density at radius 2 is 1.94 bits per heavy atom. The molecule has 8 heteroatoms. The molecule has 1 N–H and O–H groups in total. The Bertz CT molecular complexity index is 407. The Kier molecular flexibility index (Phi) is 4.42. The minimum atomic E-state index is -4.83. The van der Waals surface area contributed by atoms with Gasteiger partial charge in [-0.15, -0.1) is 0 Å². The second-order valence-electron chi connectivity index (χ2n) is 3.10. The van der Waals surface area contributed by atoms with Gasteiger partial charge in [-0.3, -0.25) is 4.98 Å². The van der Waals surface area contributed by atoms with E-state index >= 15 is 0 Å². The molecule has 0 spiro atoms. The van der Waals surface area contributed by atoms with Crippen LogP contribution >= 0.6 is 15.9 Å². The predicted octanol–water partition coefficient (Wildman–Crippen LogP) is 3.43. The van der Waals surface area contributed by atoms with Crippen molar-refractivity contribution in [2.45, 2.75) is 24.5 Å². The smallest absolute Gasteiger partial charge is 0.392 e. The molecule has 1 aromatic rings. The fraction of sp³-hybridized carbons (Fsp3) is 0.444. The summed E-state index contributed by atoms with van der Waals surface area (Å²) in [5.41, 5.74) is -3.44. The van der Waals surface area contributed by atoms with Crippen LogP contribution in [0, 0.1) is 0 Å². The van der Waals surface area contributed by atoms with Crippen LogP contribution in [0.15, 0.2) is 6.20 Å². The minimum absolute atomic E-state index is 0.238. The molecule has 0 atom stereocenters. The Balaban J connectivity index is 3.55. The molecule has 0 aliphatic rings. The molecule has 0 fully saturated rings. The number of aliphatic hydroxyl groups excluding tert-OH is 1. The summed E-state index contributed by atoms with van der Waals surface area (Å²) in [6.07, 6.45) is -7.30. The highest BCUT2D eigenvalue weighted by Crippen LogP contribution is 2.38. The summed E-state index contributed by atoms with van der Waals surface area (Å²) in [5, 5.41) is 8.62. The van der Waals surface area contributed by atoms with Crippen LogP contribution in [-0.2, 0) is 18.1 Å². The van der Waals surface area contributed by atoms with Gasteiger partial charge in [0, 0.05) is 22.7 Å². The SMILES string of the molecule is OCc1c(C(F)F)cnc(CBr)c1C(F)(F)F. The van der Waals surface area contributed by atoms with Gasteiger partial charge in [-0.25, -0.2) is 8.78 Å². The Morgan fingerprint density at radius 3 is 2.29 bits per heavy atom. The Morgan fingerprint density at radius 1 is 1.35 bits per heavy atom. The second-order valence-corrected chi connectivity index (χ2v) is 3.66. The van der Waals surface area contributed by atoms with Crippen molar-refractivity contribution in [2.24, 2.45) is 0 Å². The number of halogens is 6. The highest BCUT2D eigenvalue weighted by atomic mass is 79.9. The molecule has 0 aliphatic heterocycles. The molecule has 2 nitrogen and oxygen atoms in total. The van der Waals surface area contributed by atoms with Crippen LogP contribution in [0.4, 0.5) is 22.0 Å². The first kappa shape index (κ1) is 14.3. The number of rotatable bonds is 3. The van der Waals surface area contributed by atoms with E-state index in [1.807, 2.05) is 0 Å². The number of hydrogen-bond donors (Lipinski definition) is 1. The van der Waals surface area contributed by atoms with Crippen molar-refractivity contribution in [3.05, 3.63) is 28.6 Å². The maximum atomic E-state index is 12.7. The standard InChI is InChI=1S/C9H7BrF5NO/c10-1-6-7(9(13,14)15)5(3-17)4(2-16-6)8(11)12/h2,8,17H,1,3H2. The van der Waals surface area contributed by atoms with E-state index in [0.717, 1.165) is 0 Å². The number of aromatic nitrogens is 1. The highest BCUT2D eigenvalue weighted by Gasteiger charge is 2.38. The Labute approximate surface area is 102 Å². The number of nitrogens with zero attached hydrogens (tertiary/aromatic N) is 1. The van der Waals surface area contributed by atoms with Gasteiger partial charge in [-0.1, -0.05) is 15.9 Å². The first-order valence-electron chi connectivity index (χ1n) is 4.35. The molecule has 0 saturated heterocycles. The largest absolute Gasteiger partial charge is 0.418 e. The molecular weight excluding hydrogens is 313 g/mol. The maximum Gasteiger partial charge on any atom is 0.418 e. The van der Waals surface area contributed by atoms with Gasteiger partial charge in [-0.05, 0) is 0 Å². The van der Waals surface area contributed by atoms with Crippen LogP contribution in [0.25, 0.3) is 0 Å². The zero-order chi connectivity index (χ0) is 13.2. The molecule has 0 amide bonds. The van der Waals surface area contributed by atoms with E-state index < -0.39 is 41.6 Å². The van der Waals surface area contributed by atoms with E-state index in [9.17, 15) is 22.0 Å². The zero-order valence-electron chi connectivity index (χ0n) is 8.23. The molecular formula is C9H7BrF5NO. The second kappa shape index (κ2) is 5.26. The van der Waals surface area contributed by atoms with Gasteiger partial charge < -0.3 is 5.11 Å². The lowest BCUT2D eigenvalue weighted by Gasteiger charge is -2.17. The lowest BCUT2D eigenvalue weighted by molar-refractivity contribution is -0.139. The zero-order valence-corrected chi connectivity index (χ0v) is 9.82. The van der Waals surface area contributed by atoms with Gasteiger partial charge in [0.2, 0.25) is 0 Å². The van der Waals surface area contributed by atoms with Gasteiger partial charge in [0.05, 0.1) is 17.9 Å². The summed E-state index contributed by atoms with van der Waals surface area (Å²) in [6, 6.07) is 0. The molecule has 96 valence electrons. The average Bonchev–Trinajstić information content (AvgIpc) is 2.25. The van der Waals surface area contributed by atoms with Crippen molar-refractivity contribution in [3.8, 4) is 0 Å². The number of aliphatic hydroxyl groups is 1. The molecule has 0 saturated carbocycles. The van der Waals surface area contributed by atoms with E-state index in [1.165, 1.54) is 0 Å². The van der Waals surface area contributed by atoms with E-state index in [0.29, 0.717) is 6.20 Å². The highest BCUT2D eigenvalue weighted by molar-refractivity contribution is 9.08. The van der Waals surface area contributed by atoms with E-state index in [2.05, 4.69) is 20.9 Å². The molecule has 1 rings (SSSR count). The van der Waals surface area contributed by atoms with Gasteiger partial charge in [-0.2, -0.15) is 13.2 Å². The molecule has 0 bridgehead atoms. The molecule has 0 aromatic carbocycles. The summed E-state index contributed by atoms with van der Waals surface area (Å²) in [4.78, 5) is 3.34. The van der Waals surface area contributed by atoms with E-state index in [-0.39, 0.29) is 5.33 Å². The van der Waals surface area contributed by atoms with Crippen LogP contribution in [0.1, 0.15) is 28.8 Å². The third-order valence-electron chi connectivity index (χ3n) is 2.10. The van der Waals surface area contributed by atoms with Crippen LogP contribution in [0.3, 0.4) is 0 Å². The number of alkyl halides is 6. The summed E-state index contributed by atoms with van der Waals surface area (Å²) in [5.74, 6) is 0. The summed E-state index contributed by atoms with van der Waals surface area (Å²) in [6.45, 7) is -1.11. The van der Waals surface area contributed by atoms with Crippen molar-refractivity contribution < 1.29 is 27.1 Å². The van der Waals surface area contributed by atoms with Gasteiger partial charge in [0.15, 0.2) is 0 Å². The fourth-order valence-electron chi connectivity index (χ4n) is 1.40. The normalized spacial score (nSPS) is 12.2. The summed E-state index contributed by atoms with van der Waals surface area (Å²) >= 11 is 2.79. The van der Waals surface area contributed by atoms with Gasteiger partial charge in [0.25, 0.3) is 6.43 Å². The van der Waals surface area contributed by atoms with Crippen LogP contribution < -0.4 is 0 Å². The first-order chi connectivity index (χ1) is 7.82. The summed E-state index contributed by atoms with van der Waals surface area (Å²) < 4.78 is 63.1. The van der Waals surface area contributed by atoms with Crippen LogP contribution in [-0.4, -0.2) is 10.1 Å². The molecule has 0 radical (unpaired) electrons. The first-order valence-corrected chi connectivity index (χ1v) is 5.47. The van der Waals surface area contributed by atoms with Crippen molar-refractivity contribution in [1.82, 2.24) is 4.98 Å². The molecule has 17 heavy (non-hydrogen) atoms. The fourth-order valence-corrected chi connectivity index (χ4v) is 1.83. The van der Waals surface area contributed by atoms with E-state index in [1.54, 1.807) is 0 Å². The average molecular weight is 320 g/mol. The topological polar surface area (TPSA) is 33.1 Å². The van der Waals surface area contributed by atoms with Crippen molar-refractivity contribution >= 4 is 15.9 Å². The lowest BCUT2D eigenvalue weighted by atomic mass is 10.0. The lowest BCUT2D eigenvalue weighted by Crippen LogP contribution is -2.16. The molecule has 1 heterocycles. The third kappa shape index (κ3) is 2.92. The Hall–Kier alpha value is -0.760. The minimum Gasteiger partial charge on any atom is -0.392 e. The molecule has 0 unspecified atom stereocenters. The van der Waals surface area contributed by atoms with Crippen LogP contribution in [0.5, 0.6) is 0 Å². The van der Waals surface area contributed by atoms with Crippen molar-refractivity contribution in [1.29, 1.82) is 0 Å². The van der Waals surface area contributed by atoms with Crippen LogP contribution in [0.2, 0.25) is 0 Å². The number of hydrogen-bond acceptors (Lipinski definition) is 2. The maximum absolute atomic E-state index is 12.7. The van der Waals surface area contributed by atoms with E-state index in [4.69, 9.17) is 5.11 Å². The third-order valence-corrected chi connectivity index (χ3v) is 2.63. The quantitative estimate of drug-likeness (QED) is 0.684. The van der Waals surface area contributed by atoms with Gasteiger partial charge in [0.1, 0.15) is 0 Å². The number of pyridine rings is 1. The van der Waals surface area contributed by atoms with Crippen molar-refractivity contribution in [3.63, 3.8) is 0 Å². The van der Waals surface area contributed by atoms with Crippen molar-refractivity contribution in [2.75, 3.05) is 0 Å². The van der Waals surface area contributed by atoms with Gasteiger partial charge >= 0.3 is 6.18 Å². The molecule has 1 aromatic heterocycles. The predicted molar refractivity (Wildman–Crippen MR) is 52.7 cm³/mol. The monoisotopic (exact) mass is 319 g/mol. The molecule has 0 aliphatic carbocycles. The summed E-state index contributed by atoms with van der Waals surface area (Å²) in [7, 11) is 0.